The molecular weight excluding hydrogens is 244 g/mol. The maximum Gasteiger partial charge on any atom is 0.254 e. The first-order valence-corrected chi connectivity index (χ1v) is 6.53. The highest BCUT2D eigenvalue weighted by molar-refractivity contribution is 5.94. The van der Waals surface area contributed by atoms with Crippen molar-refractivity contribution in [3.63, 3.8) is 0 Å². The first-order valence-electron chi connectivity index (χ1n) is 6.53. The number of ether oxygens (including phenoxy) is 2. The van der Waals surface area contributed by atoms with Gasteiger partial charge in [0, 0.05) is 38.9 Å². The van der Waals surface area contributed by atoms with Gasteiger partial charge >= 0.3 is 0 Å². The van der Waals surface area contributed by atoms with Crippen molar-refractivity contribution in [3.05, 3.63) is 29.8 Å². The molecule has 1 saturated heterocycles. The molecule has 1 aromatic carbocycles. The van der Waals surface area contributed by atoms with E-state index in [1.54, 1.807) is 13.2 Å². The molecule has 1 fully saturated rings. The number of rotatable bonds is 5. The van der Waals surface area contributed by atoms with Crippen molar-refractivity contribution >= 4 is 5.91 Å². The van der Waals surface area contributed by atoms with E-state index in [4.69, 9.17) is 9.47 Å². The van der Waals surface area contributed by atoms with Crippen LogP contribution in [-0.4, -0.2) is 57.3 Å². The van der Waals surface area contributed by atoms with Crippen LogP contribution < -0.4 is 10.1 Å². The molecule has 5 nitrogen and oxygen atoms in total. The minimum atomic E-state index is 0.0682. The molecule has 1 amide bonds. The van der Waals surface area contributed by atoms with Crippen molar-refractivity contribution in [3.8, 4) is 5.75 Å². The topological polar surface area (TPSA) is 50.8 Å². The lowest BCUT2D eigenvalue weighted by Crippen LogP contribution is -2.46. The van der Waals surface area contributed by atoms with E-state index in [-0.39, 0.29) is 5.91 Å². The lowest BCUT2D eigenvalue weighted by molar-refractivity contribution is 0.0735. The van der Waals surface area contributed by atoms with Crippen molar-refractivity contribution in [1.29, 1.82) is 0 Å². The highest BCUT2D eigenvalue weighted by Crippen LogP contribution is 2.15. The fourth-order valence-corrected chi connectivity index (χ4v) is 2.01. The van der Waals surface area contributed by atoms with Gasteiger partial charge in [-0.2, -0.15) is 0 Å². The summed E-state index contributed by atoms with van der Waals surface area (Å²) >= 11 is 0. The molecule has 0 atom stereocenters. The number of amides is 1. The number of nitrogens with one attached hydrogen (secondary N) is 1. The van der Waals surface area contributed by atoms with Crippen molar-refractivity contribution in [2.75, 3.05) is 46.5 Å². The Kier molecular flexibility index (Phi) is 5.18. The van der Waals surface area contributed by atoms with E-state index in [1.807, 2.05) is 23.1 Å². The zero-order valence-electron chi connectivity index (χ0n) is 11.2. The molecule has 1 aliphatic rings. The third-order valence-corrected chi connectivity index (χ3v) is 3.04. The number of carbonyl (C=O) groups is 1. The van der Waals surface area contributed by atoms with Crippen molar-refractivity contribution < 1.29 is 14.3 Å². The minimum absolute atomic E-state index is 0.0682. The zero-order chi connectivity index (χ0) is 13.5. The molecule has 1 heterocycles. The number of nitrogens with zero attached hydrogens (tertiary/aromatic N) is 1. The van der Waals surface area contributed by atoms with Crippen molar-refractivity contribution in [2.45, 2.75) is 0 Å². The summed E-state index contributed by atoms with van der Waals surface area (Å²) < 4.78 is 10.4. The molecule has 0 aromatic heterocycles. The second-order valence-corrected chi connectivity index (χ2v) is 4.41. The van der Waals surface area contributed by atoms with Crippen LogP contribution in [-0.2, 0) is 4.74 Å². The fourth-order valence-electron chi connectivity index (χ4n) is 2.01. The molecule has 1 aliphatic heterocycles. The number of piperazine rings is 1. The van der Waals surface area contributed by atoms with Crippen LogP contribution in [0, 0.1) is 0 Å². The number of carbonyl (C=O) groups excluding carboxylic acids is 1. The lowest BCUT2D eigenvalue weighted by atomic mass is 10.1. The maximum absolute atomic E-state index is 12.3. The average Bonchev–Trinajstić information content (AvgIpc) is 2.48. The van der Waals surface area contributed by atoms with Crippen LogP contribution >= 0.6 is 0 Å². The third-order valence-electron chi connectivity index (χ3n) is 3.04. The Labute approximate surface area is 113 Å². The Morgan fingerprint density at radius 1 is 1.32 bits per heavy atom. The van der Waals surface area contributed by atoms with Crippen LogP contribution in [0.3, 0.4) is 0 Å². The SMILES string of the molecule is COCCOc1cccc(C(=O)N2CCNCC2)c1. The van der Waals surface area contributed by atoms with Gasteiger partial charge < -0.3 is 19.7 Å². The van der Waals surface area contributed by atoms with Gasteiger partial charge in [0.1, 0.15) is 12.4 Å². The van der Waals surface area contributed by atoms with Gasteiger partial charge in [0.05, 0.1) is 6.61 Å². The van der Waals surface area contributed by atoms with Crippen molar-refractivity contribution in [2.24, 2.45) is 0 Å². The highest BCUT2D eigenvalue weighted by Gasteiger charge is 2.18. The number of hydrogen-bond donors (Lipinski definition) is 1. The van der Waals surface area contributed by atoms with E-state index in [1.165, 1.54) is 0 Å². The van der Waals surface area contributed by atoms with Gasteiger partial charge in [-0.05, 0) is 18.2 Å². The van der Waals surface area contributed by atoms with Gasteiger partial charge in [-0.3, -0.25) is 4.79 Å². The molecule has 1 aromatic rings. The van der Waals surface area contributed by atoms with Crippen LogP contribution in [0.25, 0.3) is 0 Å². The molecule has 1 N–H and O–H groups in total. The summed E-state index contributed by atoms with van der Waals surface area (Å²) in [7, 11) is 1.63. The van der Waals surface area contributed by atoms with Gasteiger partial charge in [-0.1, -0.05) is 6.07 Å². The normalized spacial score (nSPS) is 15.3. The Morgan fingerprint density at radius 3 is 2.84 bits per heavy atom. The fraction of sp³-hybridized carbons (Fsp3) is 0.500. The third kappa shape index (κ3) is 3.94. The van der Waals surface area contributed by atoms with Crippen LogP contribution in [0.2, 0.25) is 0 Å². The van der Waals surface area contributed by atoms with E-state index in [2.05, 4.69) is 5.32 Å². The van der Waals surface area contributed by atoms with Crippen LogP contribution in [0.15, 0.2) is 24.3 Å². The summed E-state index contributed by atoms with van der Waals surface area (Å²) in [6.45, 7) is 4.25. The smallest absolute Gasteiger partial charge is 0.254 e. The average molecular weight is 264 g/mol. The van der Waals surface area contributed by atoms with Gasteiger partial charge in [0.15, 0.2) is 0 Å². The second kappa shape index (κ2) is 7.11. The molecule has 0 aliphatic carbocycles. The minimum Gasteiger partial charge on any atom is -0.491 e. The van der Waals surface area contributed by atoms with Crippen LogP contribution in [0.5, 0.6) is 5.75 Å². The number of methoxy groups -OCH3 is 1. The largest absolute Gasteiger partial charge is 0.491 e. The molecule has 0 unspecified atom stereocenters. The van der Waals surface area contributed by atoms with E-state index in [0.29, 0.717) is 24.5 Å². The van der Waals surface area contributed by atoms with Crippen LogP contribution in [0.1, 0.15) is 10.4 Å². The van der Waals surface area contributed by atoms with Crippen LogP contribution in [0.4, 0.5) is 0 Å². The Balaban J connectivity index is 1.98. The predicted octanol–water partition coefficient (Wildman–Crippen LogP) is 0.757. The maximum atomic E-state index is 12.3. The Morgan fingerprint density at radius 2 is 2.11 bits per heavy atom. The van der Waals surface area contributed by atoms with E-state index >= 15 is 0 Å². The van der Waals surface area contributed by atoms with Crippen molar-refractivity contribution in [1.82, 2.24) is 10.2 Å². The Bertz CT molecular complexity index is 417. The first-order chi connectivity index (χ1) is 9.31. The second-order valence-electron chi connectivity index (χ2n) is 4.41. The van der Waals surface area contributed by atoms with Gasteiger partial charge in [-0.25, -0.2) is 0 Å². The summed E-state index contributed by atoms with van der Waals surface area (Å²) in [5.74, 6) is 0.775. The highest BCUT2D eigenvalue weighted by atomic mass is 16.5. The van der Waals surface area contributed by atoms with E-state index < -0.39 is 0 Å². The number of benzene rings is 1. The summed E-state index contributed by atoms with van der Waals surface area (Å²) in [6, 6.07) is 7.31. The molecule has 0 spiro atoms. The monoisotopic (exact) mass is 264 g/mol. The first kappa shape index (κ1) is 13.8. The standard InChI is InChI=1S/C14H20N2O3/c1-18-9-10-19-13-4-2-3-12(11-13)14(17)16-7-5-15-6-8-16/h2-4,11,15H,5-10H2,1H3. The molecule has 0 radical (unpaired) electrons. The molecule has 104 valence electrons. The Hall–Kier alpha value is -1.59. The summed E-state index contributed by atoms with van der Waals surface area (Å²) in [6.07, 6.45) is 0. The summed E-state index contributed by atoms with van der Waals surface area (Å²) in [4.78, 5) is 14.2. The lowest BCUT2D eigenvalue weighted by Gasteiger charge is -2.27. The predicted molar refractivity (Wildman–Crippen MR) is 72.6 cm³/mol. The van der Waals surface area contributed by atoms with E-state index in [9.17, 15) is 4.79 Å². The molecular formula is C14H20N2O3. The molecule has 19 heavy (non-hydrogen) atoms. The molecule has 5 heteroatoms. The zero-order valence-corrected chi connectivity index (χ0v) is 11.2. The summed E-state index contributed by atoms with van der Waals surface area (Å²) in [5, 5.41) is 3.23. The van der Waals surface area contributed by atoms with E-state index in [0.717, 1.165) is 26.2 Å². The quantitative estimate of drug-likeness (QED) is 0.798. The van der Waals surface area contributed by atoms with Gasteiger partial charge in [-0.15, -0.1) is 0 Å². The molecule has 2 rings (SSSR count). The van der Waals surface area contributed by atoms with Gasteiger partial charge in [0.2, 0.25) is 0 Å². The molecule has 0 saturated carbocycles. The molecule has 0 bridgehead atoms. The summed E-state index contributed by atoms with van der Waals surface area (Å²) in [5.41, 5.74) is 0.678. The number of hydrogen-bond acceptors (Lipinski definition) is 4. The van der Waals surface area contributed by atoms with Gasteiger partial charge in [0.25, 0.3) is 5.91 Å².